The van der Waals surface area contributed by atoms with Gasteiger partial charge in [-0.15, -0.1) is 12.4 Å². The Kier molecular flexibility index (Phi) is 7.18. The van der Waals surface area contributed by atoms with Crippen molar-refractivity contribution in [3.63, 3.8) is 0 Å². The van der Waals surface area contributed by atoms with Gasteiger partial charge in [0.15, 0.2) is 0 Å². The van der Waals surface area contributed by atoms with Crippen LogP contribution < -0.4 is 10.6 Å². The molecule has 0 spiro atoms. The summed E-state index contributed by atoms with van der Waals surface area (Å²) in [5.74, 6) is 0.869. The van der Waals surface area contributed by atoms with Gasteiger partial charge in [-0.05, 0) is 63.2 Å². The first-order valence-electron chi connectivity index (χ1n) is 9.29. The highest BCUT2D eigenvalue weighted by atomic mass is 35.5. The van der Waals surface area contributed by atoms with Gasteiger partial charge in [-0.25, -0.2) is 0 Å². The van der Waals surface area contributed by atoms with Gasteiger partial charge in [-0.1, -0.05) is 6.42 Å². The van der Waals surface area contributed by atoms with E-state index >= 15 is 0 Å². The predicted molar refractivity (Wildman–Crippen MR) is 94.9 cm³/mol. The Hall–Kier alpha value is -0.320. The van der Waals surface area contributed by atoms with E-state index in [-0.39, 0.29) is 18.3 Å². The lowest BCUT2D eigenvalue weighted by Crippen LogP contribution is -2.44. The minimum Gasteiger partial charge on any atom is -0.382 e. The lowest BCUT2D eigenvalue weighted by molar-refractivity contribution is -0.123. The van der Waals surface area contributed by atoms with Crippen molar-refractivity contribution in [3.05, 3.63) is 0 Å². The van der Waals surface area contributed by atoms with Crippen molar-refractivity contribution in [1.29, 1.82) is 0 Å². The molecule has 2 N–H and O–H groups in total. The number of hydrogen-bond acceptors (Lipinski definition) is 3. The zero-order chi connectivity index (χ0) is 15.4. The van der Waals surface area contributed by atoms with Crippen molar-refractivity contribution in [3.8, 4) is 0 Å². The van der Waals surface area contributed by atoms with E-state index in [0.717, 1.165) is 32.6 Å². The van der Waals surface area contributed by atoms with Crippen molar-refractivity contribution in [2.45, 2.75) is 76.8 Å². The minimum absolute atomic E-state index is 0. The molecule has 0 aromatic heterocycles. The summed E-state index contributed by atoms with van der Waals surface area (Å²) in [6, 6.07) is 1.36. The van der Waals surface area contributed by atoms with Gasteiger partial charge in [-0.2, -0.15) is 0 Å². The van der Waals surface area contributed by atoms with E-state index in [0.29, 0.717) is 23.4 Å². The number of carbonyl (C=O) groups excluding carboxylic acids is 1. The molecule has 3 rings (SSSR count). The van der Waals surface area contributed by atoms with E-state index < -0.39 is 0 Å². The van der Waals surface area contributed by atoms with Crippen molar-refractivity contribution < 1.29 is 9.53 Å². The third kappa shape index (κ3) is 5.07. The highest BCUT2D eigenvalue weighted by Gasteiger charge is 2.37. The zero-order valence-corrected chi connectivity index (χ0v) is 15.3. The average Bonchev–Trinajstić information content (AvgIpc) is 2.80. The van der Waals surface area contributed by atoms with Gasteiger partial charge in [0, 0.05) is 38.3 Å². The van der Waals surface area contributed by atoms with Gasteiger partial charge in [0.25, 0.3) is 0 Å². The molecular weight excluding hydrogens is 312 g/mol. The van der Waals surface area contributed by atoms with Crippen LogP contribution in [0.15, 0.2) is 0 Å². The number of amides is 1. The number of rotatable bonds is 8. The summed E-state index contributed by atoms with van der Waals surface area (Å²) < 4.78 is 5.50. The summed E-state index contributed by atoms with van der Waals surface area (Å²) in [6.07, 6.45) is 10.6. The SMILES string of the molecule is CCOCCC1(CNC(=O)CC2CC3CCC(C2)N3)CCC1.Cl. The summed E-state index contributed by atoms with van der Waals surface area (Å²) in [5.41, 5.74) is 0.331. The molecule has 2 atom stereocenters. The van der Waals surface area contributed by atoms with Crippen LogP contribution in [0.1, 0.15) is 64.7 Å². The van der Waals surface area contributed by atoms with Gasteiger partial charge < -0.3 is 15.4 Å². The second-order valence-corrected chi connectivity index (χ2v) is 7.76. The van der Waals surface area contributed by atoms with Crippen LogP contribution >= 0.6 is 12.4 Å². The summed E-state index contributed by atoms with van der Waals surface area (Å²) >= 11 is 0. The molecule has 3 aliphatic rings. The van der Waals surface area contributed by atoms with Gasteiger partial charge in [0.2, 0.25) is 5.91 Å². The van der Waals surface area contributed by atoms with Crippen molar-refractivity contribution in [2.24, 2.45) is 11.3 Å². The van der Waals surface area contributed by atoms with E-state index in [1.807, 2.05) is 6.92 Å². The highest BCUT2D eigenvalue weighted by molar-refractivity contribution is 5.85. The molecular formula is C18H33ClN2O2. The van der Waals surface area contributed by atoms with Crippen LogP contribution in [0.25, 0.3) is 0 Å². The first-order chi connectivity index (χ1) is 10.7. The van der Waals surface area contributed by atoms with Crippen LogP contribution in [-0.4, -0.2) is 37.7 Å². The van der Waals surface area contributed by atoms with Crippen LogP contribution in [0.2, 0.25) is 0 Å². The number of fused-ring (bicyclic) bond motifs is 2. The monoisotopic (exact) mass is 344 g/mol. The second kappa shape index (κ2) is 8.68. The van der Waals surface area contributed by atoms with Crippen molar-refractivity contribution >= 4 is 18.3 Å². The fourth-order valence-corrected chi connectivity index (χ4v) is 4.59. The van der Waals surface area contributed by atoms with Crippen molar-refractivity contribution in [2.75, 3.05) is 19.8 Å². The normalized spacial score (nSPS) is 31.1. The number of ether oxygens (including phenoxy) is 1. The Labute approximate surface area is 146 Å². The summed E-state index contributed by atoms with van der Waals surface area (Å²) in [7, 11) is 0. The van der Waals surface area contributed by atoms with Gasteiger partial charge in [0.1, 0.15) is 0 Å². The Morgan fingerprint density at radius 3 is 2.52 bits per heavy atom. The van der Waals surface area contributed by atoms with Crippen LogP contribution in [0.5, 0.6) is 0 Å². The number of carbonyl (C=O) groups is 1. The average molecular weight is 345 g/mol. The maximum absolute atomic E-state index is 12.3. The van der Waals surface area contributed by atoms with Gasteiger partial charge in [0.05, 0.1) is 0 Å². The number of nitrogens with one attached hydrogen (secondary N) is 2. The molecule has 1 amide bonds. The molecule has 2 aliphatic heterocycles. The molecule has 134 valence electrons. The summed E-state index contributed by atoms with van der Waals surface area (Å²) in [6.45, 7) is 4.53. The molecule has 0 aromatic carbocycles. The van der Waals surface area contributed by atoms with E-state index in [9.17, 15) is 4.79 Å². The molecule has 3 fully saturated rings. The Morgan fingerprint density at radius 1 is 1.26 bits per heavy atom. The number of piperidine rings is 1. The quantitative estimate of drug-likeness (QED) is 0.665. The van der Waals surface area contributed by atoms with Crippen LogP contribution in [0.4, 0.5) is 0 Å². The Bertz CT molecular complexity index is 375. The van der Waals surface area contributed by atoms with Crippen molar-refractivity contribution in [1.82, 2.24) is 10.6 Å². The first kappa shape index (κ1) is 19.0. The van der Waals surface area contributed by atoms with E-state index in [4.69, 9.17) is 4.74 Å². The summed E-state index contributed by atoms with van der Waals surface area (Å²) in [5, 5.41) is 6.89. The number of halogens is 1. The fourth-order valence-electron chi connectivity index (χ4n) is 4.59. The third-order valence-corrected chi connectivity index (χ3v) is 6.10. The van der Waals surface area contributed by atoms with Gasteiger partial charge >= 0.3 is 0 Å². The Morgan fingerprint density at radius 2 is 1.96 bits per heavy atom. The molecule has 0 radical (unpaired) electrons. The van der Waals surface area contributed by atoms with Crippen LogP contribution in [0.3, 0.4) is 0 Å². The minimum atomic E-state index is 0. The smallest absolute Gasteiger partial charge is 0.220 e. The predicted octanol–water partition coefficient (Wildman–Crippen LogP) is 3.04. The standard InChI is InChI=1S/C18H32N2O2.ClH/c1-2-22-9-8-18(6-3-7-18)13-19-17(21)12-14-10-15-4-5-16(11-14)20-15;/h14-16,20H,2-13H2,1H3,(H,19,21);1H. The molecule has 23 heavy (non-hydrogen) atoms. The molecule has 2 unspecified atom stereocenters. The lowest BCUT2D eigenvalue weighted by Gasteiger charge is -2.42. The second-order valence-electron chi connectivity index (χ2n) is 7.76. The maximum Gasteiger partial charge on any atom is 0.220 e. The Balaban J connectivity index is 0.00000192. The molecule has 2 bridgehead atoms. The molecule has 2 saturated heterocycles. The molecule has 2 heterocycles. The largest absolute Gasteiger partial charge is 0.382 e. The molecule has 1 aliphatic carbocycles. The molecule has 5 heteroatoms. The first-order valence-corrected chi connectivity index (χ1v) is 9.29. The van der Waals surface area contributed by atoms with Crippen LogP contribution in [0, 0.1) is 11.3 Å². The fraction of sp³-hybridized carbons (Fsp3) is 0.944. The third-order valence-electron chi connectivity index (χ3n) is 6.10. The van der Waals surface area contributed by atoms with Gasteiger partial charge in [-0.3, -0.25) is 4.79 Å². The van der Waals surface area contributed by atoms with E-state index in [1.54, 1.807) is 0 Å². The van der Waals surface area contributed by atoms with Crippen LogP contribution in [-0.2, 0) is 9.53 Å². The lowest BCUT2D eigenvalue weighted by atomic mass is 9.66. The van der Waals surface area contributed by atoms with E-state index in [1.165, 1.54) is 44.9 Å². The molecule has 1 saturated carbocycles. The summed E-state index contributed by atoms with van der Waals surface area (Å²) in [4.78, 5) is 12.3. The zero-order valence-electron chi connectivity index (χ0n) is 14.4. The maximum atomic E-state index is 12.3. The number of hydrogen-bond donors (Lipinski definition) is 2. The molecule has 0 aromatic rings. The van der Waals surface area contributed by atoms with E-state index in [2.05, 4.69) is 10.6 Å². The topological polar surface area (TPSA) is 50.4 Å². The molecule has 4 nitrogen and oxygen atoms in total. The highest BCUT2D eigenvalue weighted by Crippen LogP contribution is 2.43.